The molecule has 0 bridgehead atoms. The first-order chi connectivity index (χ1) is 13.5. The highest BCUT2D eigenvalue weighted by Gasteiger charge is 2.22. The van der Waals surface area contributed by atoms with Crippen LogP contribution >= 0.6 is 0 Å². The van der Waals surface area contributed by atoms with Gasteiger partial charge in [-0.15, -0.1) is 0 Å². The molecule has 150 valence electrons. The summed E-state index contributed by atoms with van der Waals surface area (Å²) < 4.78 is 5.37. The fraction of sp³-hybridized carbons (Fsp3) is 0.500. The molecule has 2 aromatic rings. The maximum atomic E-state index is 5.37. The van der Waals surface area contributed by atoms with Gasteiger partial charge in [-0.25, -0.2) is 4.99 Å². The number of nitrogens with zero attached hydrogens (tertiary/aromatic N) is 4. The van der Waals surface area contributed by atoms with Crippen molar-refractivity contribution in [3.63, 3.8) is 0 Å². The van der Waals surface area contributed by atoms with Gasteiger partial charge in [0.15, 0.2) is 11.8 Å². The van der Waals surface area contributed by atoms with Gasteiger partial charge < -0.3 is 14.7 Å². The first kappa shape index (κ1) is 20.1. The van der Waals surface area contributed by atoms with Crippen LogP contribution in [-0.2, 0) is 12.0 Å². The monoisotopic (exact) mass is 381 g/mol. The molecule has 0 saturated carbocycles. The van der Waals surface area contributed by atoms with Crippen LogP contribution < -0.4 is 5.32 Å². The minimum absolute atomic E-state index is 0.145. The first-order valence-corrected chi connectivity index (χ1v) is 10.1. The summed E-state index contributed by atoms with van der Waals surface area (Å²) in [5.74, 6) is 2.20. The number of benzene rings is 1. The van der Waals surface area contributed by atoms with Crippen molar-refractivity contribution in [3.05, 3.63) is 53.2 Å². The zero-order valence-electron chi connectivity index (χ0n) is 17.4. The zero-order chi connectivity index (χ0) is 20.0. The molecule has 1 N–H and O–H groups in total. The Morgan fingerprint density at radius 3 is 2.54 bits per heavy atom. The Morgan fingerprint density at radius 1 is 1.21 bits per heavy atom. The molecule has 1 fully saturated rings. The predicted molar refractivity (Wildman–Crippen MR) is 113 cm³/mol. The number of guanidine groups is 1. The molecule has 0 aliphatic carbocycles. The lowest BCUT2D eigenvalue weighted by Crippen LogP contribution is -2.44. The van der Waals surface area contributed by atoms with Gasteiger partial charge in [0, 0.05) is 25.0 Å². The molecule has 0 spiro atoms. The van der Waals surface area contributed by atoms with Crippen molar-refractivity contribution in [1.82, 2.24) is 20.4 Å². The summed E-state index contributed by atoms with van der Waals surface area (Å²) in [7, 11) is 0. The van der Waals surface area contributed by atoms with Crippen molar-refractivity contribution in [2.75, 3.05) is 19.6 Å². The second-order valence-electron chi connectivity index (χ2n) is 8.14. The van der Waals surface area contributed by atoms with E-state index < -0.39 is 0 Å². The maximum absolute atomic E-state index is 5.37. The largest absolute Gasteiger partial charge is 0.357 e. The standard InChI is InChI=1S/C22H31N5O/c1-5-23-21(24-16-19-25-20(28-26-19)22(2,3)4)27-13-11-18(12-14-27)15-17-9-7-6-8-10-17/h6-10,15H,5,11-14,16H2,1-4H3,(H,23,24). The summed E-state index contributed by atoms with van der Waals surface area (Å²) in [5.41, 5.74) is 2.62. The number of hydrogen-bond acceptors (Lipinski definition) is 4. The van der Waals surface area contributed by atoms with Crippen LogP contribution in [0.1, 0.15) is 57.8 Å². The van der Waals surface area contributed by atoms with Crippen molar-refractivity contribution in [2.24, 2.45) is 4.99 Å². The van der Waals surface area contributed by atoms with Crippen molar-refractivity contribution in [3.8, 4) is 0 Å². The molecule has 1 aliphatic heterocycles. The van der Waals surface area contributed by atoms with Crippen LogP contribution in [0, 0.1) is 0 Å². The number of aliphatic imine (C=N–C) groups is 1. The van der Waals surface area contributed by atoms with Crippen LogP contribution in [0.25, 0.3) is 6.08 Å². The smallest absolute Gasteiger partial charge is 0.232 e. The maximum Gasteiger partial charge on any atom is 0.232 e. The number of hydrogen-bond donors (Lipinski definition) is 1. The molecule has 1 aliphatic rings. The first-order valence-electron chi connectivity index (χ1n) is 10.1. The third kappa shape index (κ3) is 5.44. The summed E-state index contributed by atoms with van der Waals surface area (Å²) in [6, 6.07) is 10.5. The quantitative estimate of drug-likeness (QED) is 0.640. The van der Waals surface area contributed by atoms with E-state index in [0.29, 0.717) is 18.3 Å². The number of rotatable bonds is 4. The summed E-state index contributed by atoms with van der Waals surface area (Å²) in [6.07, 6.45) is 4.42. The van der Waals surface area contributed by atoms with E-state index in [2.05, 4.69) is 84.5 Å². The van der Waals surface area contributed by atoms with Crippen molar-refractivity contribution in [2.45, 2.75) is 52.5 Å². The lowest BCUT2D eigenvalue weighted by Gasteiger charge is -2.31. The topological polar surface area (TPSA) is 66.5 Å². The molecule has 0 amide bonds. The number of nitrogens with one attached hydrogen (secondary N) is 1. The Hall–Kier alpha value is -2.63. The highest BCUT2D eigenvalue weighted by atomic mass is 16.5. The Kier molecular flexibility index (Phi) is 6.49. The summed E-state index contributed by atoms with van der Waals surface area (Å²) in [6.45, 7) is 11.5. The van der Waals surface area contributed by atoms with E-state index in [-0.39, 0.29) is 5.41 Å². The third-order valence-corrected chi connectivity index (χ3v) is 4.69. The molecule has 1 aromatic heterocycles. The molecule has 6 nitrogen and oxygen atoms in total. The van der Waals surface area contributed by atoms with E-state index in [0.717, 1.165) is 38.4 Å². The van der Waals surface area contributed by atoms with E-state index in [1.807, 2.05) is 0 Å². The van der Waals surface area contributed by atoms with Gasteiger partial charge in [-0.3, -0.25) is 0 Å². The average molecular weight is 382 g/mol. The van der Waals surface area contributed by atoms with Crippen molar-refractivity contribution >= 4 is 12.0 Å². The Labute approximate surface area is 167 Å². The van der Waals surface area contributed by atoms with Gasteiger partial charge in [0.1, 0.15) is 6.54 Å². The van der Waals surface area contributed by atoms with Gasteiger partial charge >= 0.3 is 0 Å². The van der Waals surface area contributed by atoms with Crippen molar-refractivity contribution < 1.29 is 4.52 Å². The average Bonchev–Trinajstić information content (AvgIpc) is 3.16. The minimum Gasteiger partial charge on any atom is -0.357 e. The van der Waals surface area contributed by atoms with Crippen LogP contribution in [0.15, 0.2) is 45.4 Å². The van der Waals surface area contributed by atoms with E-state index in [1.54, 1.807) is 0 Å². The van der Waals surface area contributed by atoms with E-state index in [4.69, 9.17) is 9.52 Å². The molecule has 1 aromatic carbocycles. The second kappa shape index (κ2) is 9.04. The molecular formula is C22H31N5O. The molecular weight excluding hydrogens is 350 g/mol. The fourth-order valence-electron chi connectivity index (χ4n) is 3.13. The van der Waals surface area contributed by atoms with Crippen LogP contribution in [0.3, 0.4) is 0 Å². The van der Waals surface area contributed by atoms with Gasteiger partial charge in [0.2, 0.25) is 5.89 Å². The molecule has 1 saturated heterocycles. The molecule has 2 heterocycles. The number of piperidine rings is 1. The van der Waals surface area contributed by atoms with Crippen LogP contribution in [0.2, 0.25) is 0 Å². The van der Waals surface area contributed by atoms with E-state index >= 15 is 0 Å². The highest BCUT2D eigenvalue weighted by molar-refractivity contribution is 5.80. The van der Waals surface area contributed by atoms with Crippen LogP contribution in [0.4, 0.5) is 0 Å². The lowest BCUT2D eigenvalue weighted by atomic mass is 9.97. The van der Waals surface area contributed by atoms with Crippen LogP contribution in [-0.4, -0.2) is 40.6 Å². The van der Waals surface area contributed by atoms with E-state index in [9.17, 15) is 0 Å². The SMILES string of the molecule is CCNC(=NCc1noc(C(C)(C)C)n1)N1CCC(=Cc2ccccc2)CC1. The Balaban J connectivity index is 1.62. The zero-order valence-corrected chi connectivity index (χ0v) is 17.4. The van der Waals surface area contributed by atoms with Gasteiger partial charge in [-0.05, 0) is 25.3 Å². The highest BCUT2D eigenvalue weighted by Crippen LogP contribution is 2.21. The fourth-order valence-corrected chi connectivity index (χ4v) is 3.13. The molecule has 6 heteroatoms. The van der Waals surface area contributed by atoms with E-state index in [1.165, 1.54) is 11.1 Å². The molecule has 0 unspecified atom stereocenters. The molecule has 0 radical (unpaired) electrons. The second-order valence-corrected chi connectivity index (χ2v) is 8.14. The van der Waals surface area contributed by atoms with Gasteiger partial charge in [-0.2, -0.15) is 4.98 Å². The van der Waals surface area contributed by atoms with Crippen LogP contribution in [0.5, 0.6) is 0 Å². The summed E-state index contributed by atoms with van der Waals surface area (Å²) >= 11 is 0. The summed E-state index contributed by atoms with van der Waals surface area (Å²) in [5, 5.41) is 7.46. The predicted octanol–water partition coefficient (Wildman–Crippen LogP) is 4.01. The normalized spacial score (nSPS) is 15.6. The number of aromatic nitrogens is 2. The molecule has 0 atom stereocenters. The van der Waals surface area contributed by atoms with Gasteiger partial charge in [0.25, 0.3) is 0 Å². The minimum atomic E-state index is -0.145. The molecule has 3 rings (SSSR count). The summed E-state index contributed by atoms with van der Waals surface area (Å²) in [4.78, 5) is 11.5. The lowest BCUT2D eigenvalue weighted by molar-refractivity contribution is 0.318. The third-order valence-electron chi connectivity index (χ3n) is 4.69. The Morgan fingerprint density at radius 2 is 1.93 bits per heavy atom. The number of likely N-dealkylation sites (tertiary alicyclic amines) is 1. The Bertz CT molecular complexity index is 807. The van der Waals surface area contributed by atoms with Gasteiger partial charge in [-0.1, -0.05) is 67.9 Å². The molecule has 28 heavy (non-hydrogen) atoms. The van der Waals surface area contributed by atoms with Crippen molar-refractivity contribution in [1.29, 1.82) is 0 Å². The van der Waals surface area contributed by atoms with Gasteiger partial charge in [0.05, 0.1) is 0 Å².